The van der Waals surface area contributed by atoms with Gasteiger partial charge in [0.1, 0.15) is 6.33 Å². The maximum absolute atomic E-state index is 12.6. The average Bonchev–Trinajstić information content (AvgIpc) is 3.31. The molecular formula is C20H20N6O4. The normalized spacial score (nSPS) is 11.4. The zero-order chi connectivity index (χ0) is 21.3. The first-order valence-corrected chi connectivity index (χ1v) is 9.12. The molecular weight excluding hydrogens is 388 g/mol. The van der Waals surface area contributed by atoms with Gasteiger partial charge in [-0.15, -0.1) is 5.10 Å². The highest BCUT2D eigenvalue weighted by atomic mass is 16.5. The average molecular weight is 408 g/mol. The van der Waals surface area contributed by atoms with Gasteiger partial charge in [0.15, 0.2) is 12.6 Å². The van der Waals surface area contributed by atoms with Gasteiger partial charge in [0.2, 0.25) is 0 Å². The fourth-order valence-electron chi connectivity index (χ4n) is 2.71. The molecule has 0 unspecified atom stereocenters. The highest BCUT2D eigenvalue weighted by Gasteiger charge is 2.24. The first-order chi connectivity index (χ1) is 14.6. The maximum atomic E-state index is 12.6. The molecule has 0 fully saturated rings. The summed E-state index contributed by atoms with van der Waals surface area (Å²) in [6, 6.07) is 14.9. The molecule has 0 saturated heterocycles. The number of anilines is 1. The fourth-order valence-corrected chi connectivity index (χ4v) is 2.71. The van der Waals surface area contributed by atoms with E-state index in [1.165, 1.54) is 18.1 Å². The van der Waals surface area contributed by atoms with Gasteiger partial charge in [-0.1, -0.05) is 30.3 Å². The number of rotatable bonds is 8. The summed E-state index contributed by atoms with van der Waals surface area (Å²) in [5.74, 6) is -1.36. The van der Waals surface area contributed by atoms with Crippen molar-refractivity contribution in [2.45, 2.75) is 12.5 Å². The van der Waals surface area contributed by atoms with Crippen LogP contribution in [-0.2, 0) is 20.7 Å². The molecule has 2 aromatic carbocycles. The molecule has 1 atom stereocenters. The lowest BCUT2D eigenvalue weighted by atomic mass is 10.1. The Hall–Kier alpha value is -4.08. The fraction of sp³-hybridized carbons (Fsp3) is 0.200. The van der Waals surface area contributed by atoms with E-state index in [1.54, 1.807) is 24.3 Å². The lowest BCUT2D eigenvalue weighted by Gasteiger charge is -2.15. The number of esters is 1. The SMILES string of the molecule is CNC(=O)c1ccc(NC(=O)COC(=O)[C@H](Cc2ccccc2)n2cnnn2)cc1. The molecule has 0 radical (unpaired) electrons. The Morgan fingerprint density at radius 3 is 2.43 bits per heavy atom. The van der Waals surface area contributed by atoms with Crippen LogP contribution in [0.5, 0.6) is 0 Å². The Kier molecular flexibility index (Phi) is 6.83. The molecule has 3 rings (SSSR count). The van der Waals surface area contributed by atoms with Crippen molar-refractivity contribution in [1.29, 1.82) is 0 Å². The third-order valence-electron chi connectivity index (χ3n) is 4.23. The number of carbonyl (C=O) groups is 3. The number of amides is 2. The number of hydrogen-bond donors (Lipinski definition) is 2. The van der Waals surface area contributed by atoms with Crippen molar-refractivity contribution in [3.63, 3.8) is 0 Å². The molecule has 10 nitrogen and oxygen atoms in total. The van der Waals surface area contributed by atoms with E-state index in [-0.39, 0.29) is 5.91 Å². The van der Waals surface area contributed by atoms with Gasteiger partial charge in [0.05, 0.1) is 0 Å². The summed E-state index contributed by atoms with van der Waals surface area (Å²) in [6.45, 7) is -0.469. The lowest BCUT2D eigenvalue weighted by Crippen LogP contribution is -2.28. The molecule has 10 heteroatoms. The molecule has 30 heavy (non-hydrogen) atoms. The predicted molar refractivity (Wildman–Crippen MR) is 106 cm³/mol. The minimum Gasteiger partial charge on any atom is -0.454 e. The van der Waals surface area contributed by atoms with Crippen molar-refractivity contribution >= 4 is 23.5 Å². The van der Waals surface area contributed by atoms with Crippen LogP contribution in [0.2, 0.25) is 0 Å². The third-order valence-corrected chi connectivity index (χ3v) is 4.23. The minimum absolute atomic E-state index is 0.228. The Bertz CT molecular complexity index is 990. The number of carbonyl (C=O) groups excluding carboxylic acids is 3. The minimum atomic E-state index is -0.804. The summed E-state index contributed by atoms with van der Waals surface area (Å²) in [7, 11) is 1.53. The van der Waals surface area contributed by atoms with E-state index in [1.807, 2.05) is 30.3 Å². The number of tetrazole rings is 1. The van der Waals surface area contributed by atoms with Crippen molar-refractivity contribution in [3.8, 4) is 0 Å². The summed E-state index contributed by atoms with van der Waals surface area (Å²) in [5, 5.41) is 16.0. The van der Waals surface area contributed by atoms with E-state index in [9.17, 15) is 14.4 Å². The number of nitrogens with zero attached hydrogens (tertiary/aromatic N) is 4. The van der Waals surface area contributed by atoms with E-state index >= 15 is 0 Å². The Morgan fingerprint density at radius 1 is 1.07 bits per heavy atom. The van der Waals surface area contributed by atoms with Crippen LogP contribution in [0.15, 0.2) is 60.9 Å². The van der Waals surface area contributed by atoms with Crippen LogP contribution in [0.4, 0.5) is 5.69 Å². The van der Waals surface area contributed by atoms with Gasteiger partial charge in [0, 0.05) is 24.7 Å². The van der Waals surface area contributed by atoms with Gasteiger partial charge < -0.3 is 15.4 Å². The highest BCUT2D eigenvalue weighted by molar-refractivity contribution is 5.96. The monoisotopic (exact) mass is 408 g/mol. The summed E-state index contributed by atoms with van der Waals surface area (Å²) in [6.07, 6.45) is 1.64. The molecule has 3 aromatic rings. The maximum Gasteiger partial charge on any atom is 0.331 e. The van der Waals surface area contributed by atoms with Crippen LogP contribution in [0.3, 0.4) is 0 Å². The van der Waals surface area contributed by atoms with Crippen molar-refractivity contribution in [1.82, 2.24) is 25.5 Å². The smallest absolute Gasteiger partial charge is 0.331 e. The van der Waals surface area contributed by atoms with Crippen LogP contribution in [0, 0.1) is 0 Å². The number of ether oxygens (including phenoxy) is 1. The first-order valence-electron chi connectivity index (χ1n) is 9.12. The number of aromatic nitrogens is 4. The largest absolute Gasteiger partial charge is 0.454 e. The van der Waals surface area contributed by atoms with Crippen LogP contribution in [0.1, 0.15) is 22.0 Å². The van der Waals surface area contributed by atoms with Crippen LogP contribution < -0.4 is 10.6 Å². The topological polar surface area (TPSA) is 128 Å². The van der Waals surface area contributed by atoms with Gasteiger partial charge in [-0.3, -0.25) is 9.59 Å². The standard InChI is InChI=1S/C20H20N6O4/c1-21-19(28)15-7-9-16(10-8-15)23-18(27)12-30-20(29)17(26-13-22-24-25-26)11-14-5-3-2-4-6-14/h2-10,13,17H,11-12H2,1H3,(H,21,28)(H,23,27)/t17-/m0/s1. The second kappa shape index (κ2) is 9.92. The second-order valence-corrected chi connectivity index (χ2v) is 6.31. The molecule has 1 heterocycles. The van der Waals surface area contributed by atoms with Gasteiger partial charge in [-0.25, -0.2) is 9.48 Å². The summed E-state index contributed by atoms with van der Waals surface area (Å²) >= 11 is 0. The highest BCUT2D eigenvalue weighted by Crippen LogP contribution is 2.15. The Morgan fingerprint density at radius 2 is 1.80 bits per heavy atom. The van der Waals surface area contributed by atoms with E-state index in [2.05, 4.69) is 26.2 Å². The van der Waals surface area contributed by atoms with Crippen molar-refractivity contribution in [2.24, 2.45) is 0 Å². The lowest BCUT2D eigenvalue weighted by molar-refractivity contribution is -0.151. The van der Waals surface area contributed by atoms with E-state index in [4.69, 9.17) is 4.74 Å². The second-order valence-electron chi connectivity index (χ2n) is 6.31. The molecule has 0 spiro atoms. The molecule has 0 bridgehead atoms. The van der Waals surface area contributed by atoms with Gasteiger partial charge in [0.25, 0.3) is 11.8 Å². The Labute approximate surface area is 172 Å². The third kappa shape index (κ3) is 5.47. The molecule has 2 amide bonds. The molecule has 1 aromatic heterocycles. The van der Waals surface area contributed by atoms with Gasteiger partial charge in [-0.2, -0.15) is 0 Å². The van der Waals surface area contributed by atoms with Gasteiger partial charge in [-0.05, 0) is 40.3 Å². The van der Waals surface area contributed by atoms with Crippen molar-refractivity contribution in [3.05, 3.63) is 72.1 Å². The zero-order valence-corrected chi connectivity index (χ0v) is 16.2. The number of nitrogens with one attached hydrogen (secondary N) is 2. The molecule has 0 aliphatic rings. The van der Waals surface area contributed by atoms with Crippen LogP contribution >= 0.6 is 0 Å². The first kappa shape index (κ1) is 20.6. The zero-order valence-electron chi connectivity index (χ0n) is 16.2. The summed E-state index contributed by atoms with van der Waals surface area (Å²) in [5.41, 5.74) is 1.84. The van der Waals surface area contributed by atoms with Crippen molar-refractivity contribution in [2.75, 3.05) is 19.0 Å². The summed E-state index contributed by atoms with van der Waals surface area (Å²) in [4.78, 5) is 36.3. The van der Waals surface area contributed by atoms with Gasteiger partial charge >= 0.3 is 5.97 Å². The van der Waals surface area contributed by atoms with Crippen LogP contribution in [-0.4, -0.2) is 51.6 Å². The molecule has 0 aliphatic carbocycles. The molecule has 154 valence electrons. The summed E-state index contributed by atoms with van der Waals surface area (Å²) < 4.78 is 6.48. The van der Waals surface area contributed by atoms with E-state index in [0.29, 0.717) is 17.7 Å². The van der Waals surface area contributed by atoms with E-state index in [0.717, 1.165) is 5.56 Å². The number of benzene rings is 2. The Balaban J connectivity index is 1.58. The quantitative estimate of drug-likeness (QED) is 0.532. The molecule has 2 N–H and O–H groups in total. The molecule has 0 saturated carbocycles. The predicted octanol–water partition coefficient (Wildman–Crippen LogP) is 0.998. The van der Waals surface area contributed by atoms with E-state index < -0.39 is 24.5 Å². The van der Waals surface area contributed by atoms with Crippen LogP contribution in [0.25, 0.3) is 0 Å². The number of hydrogen-bond acceptors (Lipinski definition) is 7. The molecule has 0 aliphatic heterocycles. The van der Waals surface area contributed by atoms with Crippen molar-refractivity contribution < 1.29 is 19.1 Å².